The van der Waals surface area contributed by atoms with E-state index >= 15 is 0 Å². The number of hydrogen-bond acceptors (Lipinski definition) is 4. The van der Waals surface area contributed by atoms with Gasteiger partial charge in [0.25, 0.3) is 5.69 Å². The Morgan fingerprint density at radius 3 is 2.47 bits per heavy atom. The SMILES string of the molecule is O=[N+]([O-])c1ccc(NN=Cc2ccccc2I)cc1. The molecule has 0 atom stereocenters. The minimum atomic E-state index is -0.431. The van der Waals surface area contributed by atoms with Crippen molar-refractivity contribution >= 4 is 40.2 Å². The molecule has 1 N–H and O–H groups in total. The maximum atomic E-state index is 10.5. The Kier molecular flexibility index (Phi) is 4.45. The first-order valence-corrected chi connectivity index (χ1v) is 6.53. The third-order valence-corrected chi connectivity index (χ3v) is 3.36. The van der Waals surface area contributed by atoms with Crippen LogP contribution in [0.1, 0.15) is 5.56 Å². The van der Waals surface area contributed by atoms with Crippen molar-refractivity contribution in [2.75, 3.05) is 5.43 Å². The molecule has 5 nitrogen and oxygen atoms in total. The molecule has 0 saturated carbocycles. The predicted octanol–water partition coefficient (Wildman–Crippen LogP) is 3.65. The molecule has 2 aromatic rings. The topological polar surface area (TPSA) is 67.5 Å². The molecule has 6 heteroatoms. The molecule has 0 aliphatic rings. The van der Waals surface area contributed by atoms with Gasteiger partial charge in [-0.1, -0.05) is 18.2 Å². The summed E-state index contributed by atoms with van der Waals surface area (Å²) in [6, 6.07) is 14.0. The first-order valence-electron chi connectivity index (χ1n) is 5.45. The molecule has 0 fully saturated rings. The van der Waals surface area contributed by atoms with Gasteiger partial charge >= 0.3 is 0 Å². The van der Waals surface area contributed by atoms with E-state index in [9.17, 15) is 10.1 Å². The number of halogens is 1. The molecule has 0 aliphatic carbocycles. The maximum Gasteiger partial charge on any atom is 0.269 e. The molecule has 0 aliphatic heterocycles. The molecule has 0 aromatic heterocycles. The summed E-state index contributed by atoms with van der Waals surface area (Å²) >= 11 is 2.23. The predicted molar refractivity (Wildman–Crippen MR) is 83.5 cm³/mol. The van der Waals surface area contributed by atoms with Gasteiger partial charge in [0.05, 0.1) is 16.8 Å². The third kappa shape index (κ3) is 3.75. The molecule has 2 rings (SSSR count). The maximum absolute atomic E-state index is 10.5. The Labute approximate surface area is 123 Å². The summed E-state index contributed by atoms with van der Waals surface area (Å²) in [6.45, 7) is 0. The Hall–Kier alpha value is -1.96. The standard InChI is InChI=1S/C13H10IN3O2/c14-13-4-2-1-3-10(13)9-15-16-11-5-7-12(8-6-11)17(18)19/h1-9,16H. The van der Waals surface area contributed by atoms with Gasteiger partial charge in [-0.25, -0.2) is 0 Å². The van der Waals surface area contributed by atoms with Crippen molar-refractivity contribution in [3.63, 3.8) is 0 Å². The average Bonchev–Trinajstić information content (AvgIpc) is 2.41. The van der Waals surface area contributed by atoms with Crippen LogP contribution in [0.5, 0.6) is 0 Å². The third-order valence-electron chi connectivity index (χ3n) is 2.38. The van der Waals surface area contributed by atoms with E-state index in [4.69, 9.17) is 0 Å². The van der Waals surface area contributed by atoms with Crippen molar-refractivity contribution in [3.8, 4) is 0 Å². The van der Waals surface area contributed by atoms with Gasteiger partial charge in [-0.15, -0.1) is 0 Å². The first-order chi connectivity index (χ1) is 9.16. The molecular weight excluding hydrogens is 357 g/mol. The van der Waals surface area contributed by atoms with Crippen LogP contribution in [-0.4, -0.2) is 11.1 Å². The number of rotatable bonds is 4. The van der Waals surface area contributed by atoms with Crippen molar-refractivity contribution in [2.24, 2.45) is 5.10 Å². The lowest BCUT2D eigenvalue weighted by molar-refractivity contribution is -0.384. The lowest BCUT2D eigenvalue weighted by atomic mass is 10.2. The van der Waals surface area contributed by atoms with Crippen LogP contribution >= 0.6 is 22.6 Å². The van der Waals surface area contributed by atoms with Crippen LogP contribution < -0.4 is 5.43 Å². The Balaban J connectivity index is 2.03. The monoisotopic (exact) mass is 367 g/mol. The van der Waals surface area contributed by atoms with Gasteiger partial charge in [-0.3, -0.25) is 15.5 Å². The number of hydrazone groups is 1. The minimum Gasteiger partial charge on any atom is -0.278 e. The summed E-state index contributed by atoms with van der Waals surface area (Å²) in [4.78, 5) is 10.1. The molecule has 0 saturated heterocycles. The summed E-state index contributed by atoms with van der Waals surface area (Å²) in [6.07, 6.45) is 1.71. The molecule has 0 unspecified atom stereocenters. The van der Waals surface area contributed by atoms with Gasteiger partial charge in [-0.2, -0.15) is 5.10 Å². The smallest absolute Gasteiger partial charge is 0.269 e. The minimum absolute atomic E-state index is 0.0622. The van der Waals surface area contributed by atoms with E-state index in [1.165, 1.54) is 12.1 Å². The van der Waals surface area contributed by atoms with Gasteiger partial charge in [-0.05, 0) is 40.8 Å². The van der Waals surface area contributed by atoms with Crippen LogP contribution in [0.2, 0.25) is 0 Å². The number of anilines is 1. The second-order valence-electron chi connectivity index (χ2n) is 3.70. The molecule has 0 radical (unpaired) electrons. The van der Waals surface area contributed by atoms with Gasteiger partial charge in [0.1, 0.15) is 0 Å². The van der Waals surface area contributed by atoms with Gasteiger partial charge in [0, 0.05) is 21.3 Å². The van der Waals surface area contributed by atoms with Crippen LogP contribution in [-0.2, 0) is 0 Å². The zero-order chi connectivity index (χ0) is 13.7. The molecule has 96 valence electrons. The number of benzene rings is 2. The molecule has 0 bridgehead atoms. The average molecular weight is 367 g/mol. The highest BCUT2D eigenvalue weighted by Crippen LogP contribution is 2.15. The number of nitro groups is 1. The zero-order valence-electron chi connectivity index (χ0n) is 9.79. The van der Waals surface area contributed by atoms with E-state index in [0.717, 1.165) is 9.13 Å². The van der Waals surface area contributed by atoms with E-state index in [1.54, 1.807) is 18.3 Å². The lowest BCUT2D eigenvalue weighted by Gasteiger charge is -2.00. The van der Waals surface area contributed by atoms with E-state index in [-0.39, 0.29) is 5.69 Å². The normalized spacial score (nSPS) is 10.6. The van der Waals surface area contributed by atoms with Gasteiger partial charge < -0.3 is 0 Å². The van der Waals surface area contributed by atoms with Crippen LogP contribution in [0.25, 0.3) is 0 Å². The summed E-state index contributed by atoms with van der Waals surface area (Å²) in [5.41, 5.74) is 4.61. The van der Waals surface area contributed by atoms with Crippen LogP contribution in [0.4, 0.5) is 11.4 Å². The summed E-state index contributed by atoms with van der Waals surface area (Å²) < 4.78 is 1.11. The van der Waals surface area contributed by atoms with E-state index < -0.39 is 4.92 Å². The fourth-order valence-corrected chi connectivity index (χ4v) is 1.94. The first kappa shape index (κ1) is 13.5. The van der Waals surface area contributed by atoms with E-state index in [0.29, 0.717) is 5.69 Å². The number of hydrogen-bond donors (Lipinski definition) is 1. The molecular formula is C13H10IN3O2. The number of nitrogens with one attached hydrogen (secondary N) is 1. The molecule has 19 heavy (non-hydrogen) atoms. The van der Waals surface area contributed by atoms with E-state index in [2.05, 4.69) is 33.1 Å². The van der Waals surface area contributed by atoms with Crippen LogP contribution in [0, 0.1) is 13.7 Å². The highest BCUT2D eigenvalue weighted by atomic mass is 127. The fourth-order valence-electron chi connectivity index (χ4n) is 1.41. The number of nitrogens with zero attached hydrogens (tertiary/aromatic N) is 2. The molecule has 0 heterocycles. The summed E-state index contributed by atoms with van der Waals surface area (Å²) in [7, 11) is 0. The second kappa shape index (κ2) is 6.28. The molecule has 0 spiro atoms. The summed E-state index contributed by atoms with van der Waals surface area (Å²) in [5, 5.41) is 14.6. The van der Waals surface area contributed by atoms with Gasteiger partial charge in [0.2, 0.25) is 0 Å². The van der Waals surface area contributed by atoms with Crippen molar-refractivity contribution in [3.05, 3.63) is 67.8 Å². The highest BCUT2D eigenvalue weighted by Gasteiger charge is 2.02. The van der Waals surface area contributed by atoms with Crippen molar-refractivity contribution < 1.29 is 4.92 Å². The van der Waals surface area contributed by atoms with Crippen LogP contribution in [0.15, 0.2) is 53.6 Å². The zero-order valence-corrected chi connectivity index (χ0v) is 11.9. The highest BCUT2D eigenvalue weighted by molar-refractivity contribution is 14.1. The van der Waals surface area contributed by atoms with Crippen molar-refractivity contribution in [2.45, 2.75) is 0 Å². The Bertz CT molecular complexity index is 612. The largest absolute Gasteiger partial charge is 0.278 e. The Morgan fingerprint density at radius 2 is 1.84 bits per heavy atom. The molecule has 2 aromatic carbocycles. The summed E-state index contributed by atoms with van der Waals surface area (Å²) in [5.74, 6) is 0. The Morgan fingerprint density at radius 1 is 1.16 bits per heavy atom. The van der Waals surface area contributed by atoms with Crippen LogP contribution in [0.3, 0.4) is 0 Å². The quantitative estimate of drug-likeness (QED) is 0.388. The molecule has 0 amide bonds. The van der Waals surface area contributed by atoms with Gasteiger partial charge in [0.15, 0.2) is 0 Å². The number of nitro benzene ring substituents is 1. The fraction of sp³-hybridized carbons (Fsp3) is 0. The van der Waals surface area contributed by atoms with Crippen molar-refractivity contribution in [1.82, 2.24) is 0 Å². The number of non-ortho nitro benzene ring substituents is 1. The second-order valence-corrected chi connectivity index (χ2v) is 4.86. The van der Waals surface area contributed by atoms with E-state index in [1.807, 2.05) is 24.3 Å². The lowest BCUT2D eigenvalue weighted by Crippen LogP contribution is -1.93. The van der Waals surface area contributed by atoms with Crippen molar-refractivity contribution in [1.29, 1.82) is 0 Å².